The lowest BCUT2D eigenvalue weighted by Gasteiger charge is -2.28. The van der Waals surface area contributed by atoms with Crippen LogP contribution in [0, 0.1) is 0 Å². The van der Waals surface area contributed by atoms with Crippen molar-refractivity contribution in [2.24, 2.45) is 0 Å². The lowest BCUT2D eigenvalue weighted by molar-refractivity contribution is 0.0881. The zero-order chi connectivity index (χ0) is 10.0. The quantitative estimate of drug-likeness (QED) is 0.829. The third-order valence-corrected chi connectivity index (χ3v) is 3.89. The summed E-state index contributed by atoms with van der Waals surface area (Å²) in [5.74, 6) is 0. The van der Waals surface area contributed by atoms with Gasteiger partial charge in [-0.05, 0) is 42.7 Å². The Morgan fingerprint density at radius 1 is 1.71 bits per heavy atom. The van der Waals surface area contributed by atoms with Crippen molar-refractivity contribution in [1.82, 2.24) is 5.32 Å². The molecule has 78 valence electrons. The van der Waals surface area contributed by atoms with Crippen LogP contribution in [0.5, 0.6) is 0 Å². The van der Waals surface area contributed by atoms with E-state index in [-0.39, 0.29) is 5.54 Å². The van der Waals surface area contributed by atoms with E-state index < -0.39 is 0 Å². The van der Waals surface area contributed by atoms with Gasteiger partial charge in [-0.25, -0.2) is 0 Å². The minimum absolute atomic E-state index is 0.155. The average Bonchev–Trinajstić information content (AvgIpc) is 2.75. The molecule has 1 aromatic heterocycles. The molecule has 0 spiro atoms. The van der Waals surface area contributed by atoms with Gasteiger partial charge in [0.1, 0.15) is 0 Å². The molecule has 2 unspecified atom stereocenters. The zero-order valence-electron chi connectivity index (χ0n) is 8.75. The Hall–Kier alpha value is -0.380. The molecule has 0 saturated carbocycles. The topological polar surface area (TPSA) is 21.3 Å². The van der Waals surface area contributed by atoms with E-state index in [1.807, 2.05) is 0 Å². The first-order valence-corrected chi connectivity index (χ1v) is 6.03. The highest BCUT2D eigenvalue weighted by Crippen LogP contribution is 2.25. The molecule has 1 aliphatic rings. The Labute approximate surface area is 89.3 Å². The van der Waals surface area contributed by atoms with Crippen LogP contribution in [0.1, 0.15) is 25.8 Å². The van der Waals surface area contributed by atoms with E-state index in [0.29, 0.717) is 6.10 Å². The number of hydrogen-bond donors (Lipinski definition) is 1. The van der Waals surface area contributed by atoms with Crippen LogP contribution in [0.3, 0.4) is 0 Å². The Morgan fingerprint density at radius 3 is 3.14 bits per heavy atom. The number of rotatable bonds is 3. The number of nitrogens with one attached hydrogen (secondary N) is 1. The van der Waals surface area contributed by atoms with Crippen LogP contribution >= 0.6 is 11.3 Å². The molecule has 1 aliphatic heterocycles. The van der Waals surface area contributed by atoms with Crippen LogP contribution in [0.25, 0.3) is 0 Å². The van der Waals surface area contributed by atoms with Gasteiger partial charge in [-0.15, -0.1) is 0 Å². The predicted octanol–water partition coefficient (Wildman–Crippen LogP) is 2.41. The molecule has 1 fully saturated rings. The molecule has 0 radical (unpaired) electrons. The molecule has 0 aromatic carbocycles. The van der Waals surface area contributed by atoms with Gasteiger partial charge < -0.3 is 10.1 Å². The van der Waals surface area contributed by atoms with E-state index in [4.69, 9.17) is 4.74 Å². The molecule has 0 aliphatic carbocycles. The predicted molar refractivity (Wildman–Crippen MR) is 59.6 cm³/mol. The molecule has 1 aromatic rings. The fourth-order valence-electron chi connectivity index (χ4n) is 1.76. The molecular weight excluding hydrogens is 194 g/mol. The van der Waals surface area contributed by atoms with Gasteiger partial charge >= 0.3 is 0 Å². The first-order valence-electron chi connectivity index (χ1n) is 5.08. The zero-order valence-corrected chi connectivity index (χ0v) is 9.56. The average molecular weight is 211 g/mol. The minimum Gasteiger partial charge on any atom is -0.377 e. The Bertz CT molecular complexity index is 285. The smallest absolute Gasteiger partial charge is 0.0726 e. The summed E-state index contributed by atoms with van der Waals surface area (Å²) in [6.07, 6.45) is 1.43. The van der Waals surface area contributed by atoms with Crippen molar-refractivity contribution in [1.29, 1.82) is 0 Å². The summed E-state index contributed by atoms with van der Waals surface area (Å²) in [5.41, 5.74) is 1.53. The van der Waals surface area contributed by atoms with Gasteiger partial charge in [0, 0.05) is 18.7 Å². The second-order valence-corrected chi connectivity index (χ2v) is 4.95. The molecule has 2 rings (SSSR count). The maximum absolute atomic E-state index is 5.58. The van der Waals surface area contributed by atoms with Crippen LogP contribution in [-0.4, -0.2) is 18.2 Å². The minimum atomic E-state index is 0.155. The molecule has 0 amide bonds. The van der Waals surface area contributed by atoms with Gasteiger partial charge in [-0.2, -0.15) is 11.3 Å². The van der Waals surface area contributed by atoms with E-state index >= 15 is 0 Å². The lowest BCUT2D eigenvalue weighted by atomic mass is 9.94. The summed E-state index contributed by atoms with van der Waals surface area (Å²) in [7, 11) is 0. The van der Waals surface area contributed by atoms with Gasteiger partial charge in [0.15, 0.2) is 0 Å². The Kier molecular flexibility index (Phi) is 2.91. The van der Waals surface area contributed by atoms with E-state index in [1.54, 1.807) is 11.3 Å². The molecule has 2 heterocycles. The van der Waals surface area contributed by atoms with Crippen molar-refractivity contribution in [3.05, 3.63) is 22.4 Å². The van der Waals surface area contributed by atoms with Gasteiger partial charge in [0.05, 0.1) is 6.10 Å². The van der Waals surface area contributed by atoms with Gasteiger partial charge in [-0.1, -0.05) is 0 Å². The number of hydrogen-bond acceptors (Lipinski definition) is 3. The molecule has 14 heavy (non-hydrogen) atoms. The maximum atomic E-state index is 5.58. The van der Waals surface area contributed by atoms with Gasteiger partial charge in [0.25, 0.3) is 0 Å². The summed E-state index contributed by atoms with van der Waals surface area (Å²) in [6, 6.07) is 2.17. The Balaban J connectivity index is 1.91. The van der Waals surface area contributed by atoms with Crippen LogP contribution < -0.4 is 5.32 Å². The van der Waals surface area contributed by atoms with E-state index in [1.165, 1.54) is 5.56 Å². The van der Waals surface area contributed by atoms with Crippen molar-refractivity contribution in [2.45, 2.75) is 38.5 Å². The largest absolute Gasteiger partial charge is 0.377 e. The fraction of sp³-hybridized carbons (Fsp3) is 0.636. The van der Waals surface area contributed by atoms with Crippen LogP contribution in [0.4, 0.5) is 0 Å². The molecule has 1 saturated heterocycles. The monoisotopic (exact) mass is 211 g/mol. The number of thiophene rings is 1. The standard InChI is InChI=1S/C11H17NOS/c1-9-11(2,4-5-13-9)12-7-10-3-6-14-8-10/h3,6,8-9,12H,4-5,7H2,1-2H3. The van der Waals surface area contributed by atoms with Crippen molar-refractivity contribution in [3.8, 4) is 0 Å². The van der Waals surface area contributed by atoms with Crippen molar-refractivity contribution < 1.29 is 4.74 Å². The molecule has 3 heteroatoms. The Morgan fingerprint density at radius 2 is 2.57 bits per heavy atom. The van der Waals surface area contributed by atoms with E-state index in [9.17, 15) is 0 Å². The first kappa shape index (κ1) is 10.1. The van der Waals surface area contributed by atoms with E-state index in [2.05, 4.69) is 36.0 Å². The molecule has 0 bridgehead atoms. The third kappa shape index (κ3) is 2.00. The molecule has 1 N–H and O–H groups in total. The summed E-state index contributed by atoms with van der Waals surface area (Å²) in [4.78, 5) is 0. The highest BCUT2D eigenvalue weighted by molar-refractivity contribution is 7.07. The second kappa shape index (κ2) is 4.01. The second-order valence-electron chi connectivity index (χ2n) is 4.17. The van der Waals surface area contributed by atoms with Crippen LogP contribution in [0.15, 0.2) is 16.8 Å². The first-order chi connectivity index (χ1) is 6.71. The van der Waals surface area contributed by atoms with Crippen molar-refractivity contribution >= 4 is 11.3 Å². The van der Waals surface area contributed by atoms with E-state index in [0.717, 1.165) is 19.6 Å². The van der Waals surface area contributed by atoms with Crippen LogP contribution in [-0.2, 0) is 11.3 Å². The summed E-state index contributed by atoms with van der Waals surface area (Å²) in [6.45, 7) is 6.23. The SMILES string of the molecule is CC1OCCC1(C)NCc1ccsc1. The molecule has 2 atom stereocenters. The third-order valence-electron chi connectivity index (χ3n) is 3.16. The molecule has 2 nitrogen and oxygen atoms in total. The molecular formula is C11H17NOS. The fourth-order valence-corrected chi connectivity index (χ4v) is 2.43. The summed E-state index contributed by atoms with van der Waals surface area (Å²) in [5, 5.41) is 7.90. The lowest BCUT2D eigenvalue weighted by Crippen LogP contribution is -2.47. The highest BCUT2D eigenvalue weighted by Gasteiger charge is 2.36. The van der Waals surface area contributed by atoms with Gasteiger partial charge in [0.2, 0.25) is 0 Å². The number of ether oxygens (including phenoxy) is 1. The normalized spacial score (nSPS) is 32.3. The maximum Gasteiger partial charge on any atom is 0.0726 e. The summed E-state index contributed by atoms with van der Waals surface area (Å²) >= 11 is 1.75. The van der Waals surface area contributed by atoms with Crippen molar-refractivity contribution in [2.75, 3.05) is 6.61 Å². The van der Waals surface area contributed by atoms with Crippen molar-refractivity contribution in [3.63, 3.8) is 0 Å². The van der Waals surface area contributed by atoms with Crippen LogP contribution in [0.2, 0.25) is 0 Å². The van der Waals surface area contributed by atoms with Gasteiger partial charge in [-0.3, -0.25) is 0 Å². The summed E-state index contributed by atoms with van der Waals surface area (Å²) < 4.78 is 5.58. The highest BCUT2D eigenvalue weighted by atomic mass is 32.1.